The Morgan fingerprint density at radius 3 is 2.26 bits per heavy atom. The van der Waals surface area contributed by atoms with E-state index in [1.165, 1.54) is 33.4 Å². The van der Waals surface area contributed by atoms with Gasteiger partial charge < -0.3 is 9.47 Å². The van der Waals surface area contributed by atoms with E-state index < -0.39 is 0 Å². The molecular formula is C30H31NO3. The Morgan fingerprint density at radius 2 is 1.59 bits per heavy atom. The maximum absolute atomic E-state index is 12.6. The van der Waals surface area contributed by atoms with Crippen LogP contribution in [0.2, 0.25) is 0 Å². The van der Waals surface area contributed by atoms with Crippen molar-refractivity contribution in [2.45, 2.75) is 26.8 Å². The molecule has 1 aliphatic carbocycles. The number of nitrogens with zero attached hydrogens (tertiary/aromatic N) is 1. The number of carbonyl (C=O) groups is 1. The normalized spacial score (nSPS) is 16.2. The first-order valence-corrected chi connectivity index (χ1v) is 12.0. The highest BCUT2D eigenvalue weighted by molar-refractivity contribution is 6.06. The predicted molar refractivity (Wildman–Crippen MR) is 136 cm³/mol. The van der Waals surface area contributed by atoms with Crippen LogP contribution in [-0.4, -0.2) is 44.1 Å². The standard InChI is InChI=1S/C30H31NO3/c1-20-16-25-17-26(32)18-28(23-8-10-27(33-3)11-9-23)30(25)21(2)29(20)24-6-4-22(5-7-24)19-31-12-14-34-15-13-31/h4-11,16,18H,12-15,17,19H2,1-3H3. The van der Waals surface area contributed by atoms with Crippen LogP contribution in [-0.2, 0) is 22.5 Å². The lowest BCUT2D eigenvalue weighted by Gasteiger charge is -2.27. The van der Waals surface area contributed by atoms with Crippen LogP contribution in [0.5, 0.6) is 5.75 Å². The van der Waals surface area contributed by atoms with Gasteiger partial charge in [-0.25, -0.2) is 0 Å². The third kappa shape index (κ3) is 4.44. The second-order valence-corrected chi connectivity index (χ2v) is 9.24. The van der Waals surface area contributed by atoms with Gasteiger partial charge in [-0.2, -0.15) is 0 Å². The zero-order chi connectivity index (χ0) is 23.7. The maximum Gasteiger partial charge on any atom is 0.160 e. The SMILES string of the molecule is COc1ccc(C2=CC(=O)Cc3cc(C)c(-c4ccc(CN5CCOCC5)cc4)c(C)c32)cc1. The molecule has 4 nitrogen and oxygen atoms in total. The fourth-order valence-corrected chi connectivity index (χ4v) is 5.29. The molecule has 3 aromatic rings. The number of ketones is 1. The van der Waals surface area contributed by atoms with E-state index in [-0.39, 0.29) is 5.78 Å². The van der Waals surface area contributed by atoms with Crippen LogP contribution in [0.25, 0.3) is 16.7 Å². The highest BCUT2D eigenvalue weighted by Crippen LogP contribution is 2.40. The molecule has 5 rings (SSSR count). The van der Waals surface area contributed by atoms with Gasteiger partial charge in [0.2, 0.25) is 0 Å². The molecule has 0 aromatic heterocycles. The van der Waals surface area contributed by atoms with E-state index in [1.54, 1.807) is 7.11 Å². The van der Waals surface area contributed by atoms with Crippen molar-refractivity contribution < 1.29 is 14.3 Å². The Morgan fingerprint density at radius 1 is 0.912 bits per heavy atom. The lowest BCUT2D eigenvalue weighted by Crippen LogP contribution is -2.35. The Balaban J connectivity index is 1.51. The number of carbonyl (C=O) groups excluding carboxylic acids is 1. The van der Waals surface area contributed by atoms with Crippen LogP contribution in [0.15, 0.2) is 60.7 Å². The van der Waals surface area contributed by atoms with Gasteiger partial charge in [-0.15, -0.1) is 0 Å². The van der Waals surface area contributed by atoms with E-state index in [1.807, 2.05) is 30.3 Å². The number of hydrogen-bond donors (Lipinski definition) is 0. The minimum absolute atomic E-state index is 0.150. The number of aryl methyl sites for hydroxylation is 1. The van der Waals surface area contributed by atoms with Crippen LogP contribution in [0.4, 0.5) is 0 Å². The quantitative estimate of drug-likeness (QED) is 0.521. The Bertz CT molecular complexity index is 1230. The van der Waals surface area contributed by atoms with Gasteiger partial charge in [-0.05, 0) is 82.1 Å². The summed E-state index contributed by atoms with van der Waals surface area (Å²) in [5.74, 6) is 0.961. The molecule has 0 radical (unpaired) electrons. The van der Waals surface area contributed by atoms with Crippen molar-refractivity contribution in [3.63, 3.8) is 0 Å². The van der Waals surface area contributed by atoms with Gasteiger partial charge in [0.25, 0.3) is 0 Å². The average molecular weight is 454 g/mol. The van der Waals surface area contributed by atoms with Gasteiger partial charge in [-0.1, -0.05) is 42.5 Å². The van der Waals surface area contributed by atoms with Crippen molar-refractivity contribution in [1.29, 1.82) is 0 Å². The monoisotopic (exact) mass is 453 g/mol. The second-order valence-electron chi connectivity index (χ2n) is 9.24. The number of methoxy groups -OCH3 is 1. The summed E-state index contributed by atoms with van der Waals surface area (Å²) in [4.78, 5) is 15.0. The fraction of sp³-hybridized carbons (Fsp3) is 0.300. The van der Waals surface area contributed by atoms with E-state index in [4.69, 9.17) is 9.47 Å². The zero-order valence-electron chi connectivity index (χ0n) is 20.2. The highest BCUT2D eigenvalue weighted by Gasteiger charge is 2.24. The van der Waals surface area contributed by atoms with Crippen LogP contribution in [0, 0.1) is 13.8 Å². The number of benzene rings is 3. The van der Waals surface area contributed by atoms with Crippen molar-refractivity contribution in [1.82, 2.24) is 4.90 Å². The third-order valence-corrected chi connectivity index (χ3v) is 6.95. The molecule has 0 N–H and O–H groups in total. The summed E-state index contributed by atoms with van der Waals surface area (Å²) in [5, 5.41) is 0. The fourth-order valence-electron chi connectivity index (χ4n) is 5.29. The number of allylic oxidation sites excluding steroid dienone is 1. The van der Waals surface area contributed by atoms with Crippen LogP contribution in [0.1, 0.15) is 33.4 Å². The number of rotatable bonds is 5. The lowest BCUT2D eigenvalue weighted by atomic mass is 9.79. The van der Waals surface area contributed by atoms with Crippen molar-refractivity contribution in [3.05, 3.63) is 94.1 Å². The molecule has 1 saturated heterocycles. The number of ether oxygens (including phenoxy) is 2. The van der Waals surface area contributed by atoms with Gasteiger partial charge in [0.15, 0.2) is 5.78 Å². The molecular weight excluding hydrogens is 422 g/mol. The summed E-state index contributed by atoms with van der Waals surface area (Å²) in [6.45, 7) is 8.92. The average Bonchev–Trinajstić information content (AvgIpc) is 2.85. The third-order valence-electron chi connectivity index (χ3n) is 6.95. The molecule has 1 aliphatic heterocycles. The Labute approximate surface area is 201 Å². The molecule has 34 heavy (non-hydrogen) atoms. The molecule has 0 spiro atoms. The molecule has 0 atom stereocenters. The molecule has 2 aliphatic rings. The molecule has 0 bridgehead atoms. The van der Waals surface area contributed by atoms with Crippen molar-refractivity contribution >= 4 is 11.4 Å². The zero-order valence-corrected chi connectivity index (χ0v) is 20.2. The number of fused-ring (bicyclic) bond motifs is 1. The highest BCUT2D eigenvalue weighted by atomic mass is 16.5. The summed E-state index contributed by atoms with van der Waals surface area (Å²) in [7, 11) is 1.67. The first kappa shape index (κ1) is 22.6. The molecule has 0 saturated carbocycles. The number of hydrogen-bond acceptors (Lipinski definition) is 4. The summed E-state index contributed by atoms with van der Waals surface area (Å²) < 4.78 is 10.8. The largest absolute Gasteiger partial charge is 0.497 e. The molecule has 1 heterocycles. The van der Waals surface area contributed by atoms with E-state index >= 15 is 0 Å². The van der Waals surface area contributed by atoms with E-state index in [2.05, 4.69) is 49.1 Å². The molecule has 3 aromatic carbocycles. The van der Waals surface area contributed by atoms with Crippen molar-refractivity contribution in [2.75, 3.05) is 33.4 Å². The van der Waals surface area contributed by atoms with Crippen LogP contribution in [0.3, 0.4) is 0 Å². The Hall–Kier alpha value is -3.21. The van der Waals surface area contributed by atoms with Crippen LogP contribution < -0.4 is 4.74 Å². The summed E-state index contributed by atoms with van der Waals surface area (Å²) in [6.07, 6.45) is 2.26. The van der Waals surface area contributed by atoms with Crippen molar-refractivity contribution in [2.24, 2.45) is 0 Å². The smallest absolute Gasteiger partial charge is 0.160 e. The summed E-state index contributed by atoms with van der Waals surface area (Å²) >= 11 is 0. The second kappa shape index (κ2) is 9.57. The predicted octanol–water partition coefficient (Wildman–Crippen LogP) is 5.37. The van der Waals surface area contributed by atoms with E-state index in [9.17, 15) is 4.79 Å². The first-order chi connectivity index (χ1) is 16.5. The maximum atomic E-state index is 12.6. The molecule has 4 heteroatoms. The molecule has 0 unspecified atom stereocenters. The van der Waals surface area contributed by atoms with Crippen LogP contribution >= 0.6 is 0 Å². The molecule has 174 valence electrons. The van der Waals surface area contributed by atoms with Gasteiger partial charge in [0, 0.05) is 26.1 Å². The topological polar surface area (TPSA) is 38.8 Å². The lowest BCUT2D eigenvalue weighted by molar-refractivity contribution is -0.114. The van der Waals surface area contributed by atoms with Gasteiger partial charge in [0.1, 0.15) is 5.75 Å². The Kier molecular flexibility index (Phi) is 6.36. The summed E-state index contributed by atoms with van der Waals surface area (Å²) in [5.41, 5.74) is 10.6. The minimum atomic E-state index is 0.150. The number of morpholine rings is 1. The molecule has 1 fully saturated rings. The van der Waals surface area contributed by atoms with E-state index in [0.717, 1.165) is 55.3 Å². The summed E-state index contributed by atoms with van der Waals surface area (Å²) in [6, 6.07) is 19.1. The van der Waals surface area contributed by atoms with Gasteiger partial charge in [0.05, 0.1) is 20.3 Å². The first-order valence-electron chi connectivity index (χ1n) is 12.0. The molecule has 0 amide bonds. The minimum Gasteiger partial charge on any atom is -0.497 e. The van der Waals surface area contributed by atoms with Gasteiger partial charge in [-0.3, -0.25) is 9.69 Å². The van der Waals surface area contributed by atoms with Crippen molar-refractivity contribution in [3.8, 4) is 16.9 Å². The van der Waals surface area contributed by atoms with Gasteiger partial charge >= 0.3 is 0 Å². The van der Waals surface area contributed by atoms with E-state index in [0.29, 0.717) is 6.42 Å².